The molecule has 1 heterocycles. The van der Waals surface area contributed by atoms with Crippen LogP contribution in [0.25, 0.3) is 10.9 Å². The van der Waals surface area contributed by atoms with Gasteiger partial charge in [-0.1, -0.05) is 12.1 Å². The molecule has 0 aliphatic rings. The van der Waals surface area contributed by atoms with Crippen molar-refractivity contribution in [3.8, 4) is 0 Å². The Labute approximate surface area is 87.9 Å². The lowest BCUT2D eigenvalue weighted by Gasteiger charge is -2.05. The molecule has 2 rings (SSSR count). The van der Waals surface area contributed by atoms with Crippen LogP contribution in [-0.2, 0) is 7.05 Å². The molecule has 0 fully saturated rings. The van der Waals surface area contributed by atoms with Gasteiger partial charge in [-0.05, 0) is 25.0 Å². The molecule has 0 aliphatic heterocycles. The molecule has 1 N–H and O–H groups in total. The highest BCUT2D eigenvalue weighted by atomic mass is 16.4. The summed E-state index contributed by atoms with van der Waals surface area (Å²) in [6.45, 7) is 3.81. The maximum Gasteiger partial charge on any atom is 0.338 e. The normalized spacial score (nSPS) is 10.9. The quantitative estimate of drug-likeness (QED) is 0.773. The lowest BCUT2D eigenvalue weighted by atomic mass is 10.0. The van der Waals surface area contributed by atoms with Crippen LogP contribution in [0.5, 0.6) is 0 Å². The number of benzene rings is 1. The van der Waals surface area contributed by atoms with Crippen LogP contribution in [-0.4, -0.2) is 15.6 Å². The van der Waals surface area contributed by atoms with Crippen LogP contribution in [0.3, 0.4) is 0 Å². The first-order valence-electron chi connectivity index (χ1n) is 4.81. The van der Waals surface area contributed by atoms with Gasteiger partial charge in [0.1, 0.15) is 0 Å². The van der Waals surface area contributed by atoms with E-state index in [1.54, 1.807) is 0 Å². The van der Waals surface area contributed by atoms with Gasteiger partial charge in [0, 0.05) is 18.6 Å². The summed E-state index contributed by atoms with van der Waals surface area (Å²) in [7, 11) is 1.88. The Kier molecular flexibility index (Phi) is 2.03. The summed E-state index contributed by atoms with van der Waals surface area (Å²) in [6.07, 6.45) is 1.95. The zero-order valence-corrected chi connectivity index (χ0v) is 9.03. The molecular formula is C12H13NO2. The molecule has 3 heteroatoms. The van der Waals surface area contributed by atoms with E-state index in [9.17, 15) is 9.90 Å². The highest BCUT2D eigenvalue weighted by Crippen LogP contribution is 2.25. The Hall–Kier alpha value is -1.77. The van der Waals surface area contributed by atoms with Crippen LogP contribution >= 0.6 is 0 Å². The molecule has 0 aliphatic carbocycles. The number of carboxylic acids is 1. The van der Waals surface area contributed by atoms with Crippen molar-refractivity contribution in [3.05, 3.63) is 35.0 Å². The first-order valence-corrected chi connectivity index (χ1v) is 4.81. The fourth-order valence-electron chi connectivity index (χ4n) is 2.07. The Morgan fingerprint density at radius 1 is 1.27 bits per heavy atom. The van der Waals surface area contributed by atoms with Crippen molar-refractivity contribution in [1.29, 1.82) is 0 Å². The molecule has 2 aromatic rings. The van der Waals surface area contributed by atoms with Crippen molar-refractivity contribution < 1.29 is 9.90 Å². The molecule has 1 aromatic heterocycles. The summed E-state index contributed by atoms with van der Waals surface area (Å²) in [6, 6.07) is 3.84. The number of hydrogen-bond acceptors (Lipinski definition) is 1. The van der Waals surface area contributed by atoms with Crippen LogP contribution in [0.1, 0.15) is 21.5 Å². The van der Waals surface area contributed by atoms with Gasteiger partial charge in [0.25, 0.3) is 0 Å². The number of aryl methyl sites for hydroxylation is 3. The van der Waals surface area contributed by atoms with E-state index in [1.165, 1.54) is 0 Å². The minimum Gasteiger partial charge on any atom is -0.478 e. The topological polar surface area (TPSA) is 42.2 Å². The molecule has 3 nitrogen and oxygen atoms in total. The molecule has 15 heavy (non-hydrogen) atoms. The number of rotatable bonds is 1. The summed E-state index contributed by atoms with van der Waals surface area (Å²) in [5.41, 5.74) is 3.12. The Morgan fingerprint density at radius 2 is 1.93 bits per heavy atom. The van der Waals surface area contributed by atoms with Gasteiger partial charge in [-0.15, -0.1) is 0 Å². The zero-order chi connectivity index (χ0) is 11.2. The number of aromatic nitrogens is 1. The van der Waals surface area contributed by atoms with Gasteiger partial charge in [0.05, 0.1) is 11.1 Å². The Bertz CT molecular complexity index is 552. The summed E-state index contributed by atoms with van der Waals surface area (Å²) in [5, 5.41) is 10.2. The fourth-order valence-corrected chi connectivity index (χ4v) is 2.07. The van der Waals surface area contributed by atoms with E-state index in [0.717, 1.165) is 22.0 Å². The van der Waals surface area contributed by atoms with Crippen LogP contribution in [0, 0.1) is 13.8 Å². The van der Waals surface area contributed by atoms with E-state index in [0.29, 0.717) is 5.56 Å². The van der Waals surface area contributed by atoms with Gasteiger partial charge >= 0.3 is 5.97 Å². The first-order chi connectivity index (χ1) is 7.02. The molecule has 1 aromatic carbocycles. The lowest BCUT2D eigenvalue weighted by molar-refractivity contribution is 0.0698. The Balaban J connectivity index is 2.98. The van der Waals surface area contributed by atoms with E-state index in [2.05, 4.69) is 0 Å². The van der Waals surface area contributed by atoms with Gasteiger partial charge in [-0.2, -0.15) is 0 Å². The number of carboxylic acid groups (broad SMARTS) is 1. The third kappa shape index (κ3) is 1.31. The monoisotopic (exact) mass is 203 g/mol. The molecule has 0 amide bonds. The van der Waals surface area contributed by atoms with Gasteiger partial charge in [0.2, 0.25) is 0 Å². The maximum atomic E-state index is 11.2. The second-order valence-corrected chi connectivity index (χ2v) is 3.88. The van der Waals surface area contributed by atoms with Gasteiger partial charge in [-0.3, -0.25) is 0 Å². The largest absolute Gasteiger partial charge is 0.478 e. The predicted octanol–water partition coefficient (Wildman–Crippen LogP) is 2.49. The summed E-state index contributed by atoms with van der Waals surface area (Å²) in [4.78, 5) is 11.2. The summed E-state index contributed by atoms with van der Waals surface area (Å²) in [5.74, 6) is -0.862. The molecule has 78 valence electrons. The van der Waals surface area contributed by atoms with Crippen molar-refractivity contribution in [2.24, 2.45) is 7.05 Å². The summed E-state index contributed by atoms with van der Waals surface area (Å²) >= 11 is 0. The smallest absolute Gasteiger partial charge is 0.338 e. The molecule has 0 bridgehead atoms. The number of hydrogen-bond donors (Lipinski definition) is 1. The highest BCUT2D eigenvalue weighted by Gasteiger charge is 2.15. The predicted molar refractivity (Wildman–Crippen MR) is 59.4 cm³/mol. The minimum atomic E-state index is -0.862. The molecule has 0 spiro atoms. The van der Waals surface area contributed by atoms with Crippen molar-refractivity contribution in [1.82, 2.24) is 4.57 Å². The van der Waals surface area contributed by atoms with Crippen LogP contribution in [0.2, 0.25) is 0 Å². The second-order valence-electron chi connectivity index (χ2n) is 3.88. The minimum absolute atomic E-state index is 0.406. The van der Waals surface area contributed by atoms with Gasteiger partial charge < -0.3 is 9.67 Å². The molecule has 0 atom stereocenters. The van der Waals surface area contributed by atoms with E-state index in [1.807, 2.05) is 43.8 Å². The van der Waals surface area contributed by atoms with Crippen molar-refractivity contribution in [2.75, 3.05) is 0 Å². The molecule has 0 saturated heterocycles. The van der Waals surface area contributed by atoms with Crippen molar-refractivity contribution in [3.63, 3.8) is 0 Å². The lowest BCUT2D eigenvalue weighted by Crippen LogP contribution is -2.03. The third-order valence-corrected chi connectivity index (χ3v) is 2.76. The van der Waals surface area contributed by atoms with E-state index in [4.69, 9.17) is 0 Å². The van der Waals surface area contributed by atoms with Crippen LogP contribution < -0.4 is 0 Å². The van der Waals surface area contributed by atoms with Gasteiger partial charge in [-0.25, -0.2) is 4.79 Å². The average molecular weight is 203 g/mol. The van der Waals surface area contributed by atoms with Gasteiger partial charge in [0.15, 0.2) is 0 Å². The van der Waals surface area contributed by atoms with Crippen LogP contribution in [0.4, 0.5) is 0 Å². The standard InChI is InChI=1S/C12H13NO2/c1-7-4-5-9-8(2)6-13(3)11(9)10(7)12(14)15/h4-6H,1-3H3,(H,14,15). The van der Waals surface area contributed by atoms with Crippen molar-refractivity contribution in [2.45, 2.75) is 13.8 Å². The van der Waals surface area contributed by atoms with E-state index >= 15 is 0 Å². The zero-order valence-electron chi connectivity index (χ0n) is 9.03. The third-order valence-electron chi connectivity index (χ3n) is 2.76. The first kappa shape index (κ1) is 9.77. The number of carbonyl (C=O) groups is 1. The maximum absolute atomic E-state index is 11.2. The highest BCUT2D eigenvalue weighted by molar-refractivity contribution is 6.04. The molecule has 0 unspecified atom stereocenters. The summed E-state index contributed by atoms with van der Waals surface area (Å²) < 4.78 is 1.88. The Morgan fingerprint density at radius 3 is 2.53 bits per heavy atom. The van der Waals surface area contributed by atoms with E-state index < -0.39 is 5.97 Å². The molecular weight excluding hydrogens is 190 g/mol. The number of aromatic carboxylic acids is 1. The SMILES string of the molecule is Cc1ccc2c(C)cn(C)c2c1C(=O)O. The molecule has 0 radical (unpaired) electrons. The number of fused-ring (bicyclic) bond motifs is 1. The van der Waals surface area contributed by atoms with Crippen LogP contribution in [0.15, 0.2) is 18.3 Å². The average Bonchev–Trinajstić information content (AvgIpc) is 2.41. The van der Waals surface area contributed by atoms with E-state index in [-0.39, 0.29) is 0 Å². The van der Waals surface area contributed by atoms with Crippen molar-refractivity contribution >= 4 is 16.9 Å². The fraction of sp³-hybridized carbons (Fsp3) is 0.250. The number of nitrogens with zero attached hydrogens (tertiary/aromatic N) is 1. The second kappa shape index (κ2) is 3.12. The molecule has 0 saturated carbocycles.